The minimum absolute atomic E-state index is 0.00330. The molecule has 0 spiro atoms. The highest BCUT2D eigenvalue weighted by Crippen LogP contribution is 2.26. The number of aromatic nitrogens is 1. The maximum absolute atomic E-state index is 12.7. The van der Waals surface area contributed by atoms with Crippen LogP contribution in [0.25, 0.3) is 0 Å². The predicted molar refractivity (Wildman–Crippen MR) is 109 cm³/mol. The maximum Gasteiger partial charge on any atom is 0.232 e. The zero-order valence-corrected chi connectivity index (χ0v) is 17.9. The summed E-state index contributed by atoms with van der Waals surface area (Å²) in [5, 5.41) is 0.482. The van der Waals surface area contributed by atoms with Crippen molar-refractivity contribution in [2.75, 3.05) is 11.4 Å². The van der Waals surface area contributed by atoms with Crippen molar-refractivity contribution in [2.24, 2.45) is 5.41 Å². The van der Waals surface area contributed by atoms with Crippen LogP contribution in [0.4, 0.5) is 5.69 Å². The molecule has 2 rings (SSSR count). The third-order valence-corrected chi connectivity index (χ3v) is 6.04. The van der Waals surface area contributed by atoms with Crippen LogP contribution in [0.2, 0.25) is 5.02 Å². The SMILES string of the molecule is CCN(C(=O)C(C)(C)C)c1ccc(CS(=O)(=O)c2ccc(Cl)cc2)nc1C. The van der Waals surface area contributed by atoms with Crippen LogP contribution in [0.5, 0.6) is 0 Å². The number of benzene rings is 1. The van der Waals surface area contributed by atoms with Crippen molar-refractivity contribution in [3.8, 4) is 0 Å². The molecule has 0 saturated heterocycles. The number of amides is 1. The number of hydrogen-bond acceptors (Lipinski definition) is 4. The third kappa shape index (κ3) is 5.08. The van der Waals surface area contributed by atoms with Crippen LogP contribution >= 0.6 is 11.6 Å². The third-order valence-electron chi connectivity index (χ3n) is 4.12. The van der Waals surface area contributed by atoms with Gasteiger partial charge >= 0.3 is 0 Å². The zero-order chi connectivity index (χ0) is 20.4. The summed E-state index contributed by atoms with van der Waals surface area (Å²) in [6.07, 6.45) is 0. The number of anilines is 1. The molecule has 7 heteroatoms. The second-order valence-electron chi connectivity index (χ2n) is 7.42. The molecule has 0 atom stereocenters. The highest BCUT2D eigenvalue weighted by molar-refractivity contribution is 7.90. The number of nitrogens with zero attached hydrogens (tertiary/aromatic N) is 2. The first-order valence-corrected chi connectivity index (χ1v) is 10.8. The number of aryl methyl sites for hydroxylation is 1. The molecule has 1 amide bonds. The molecule has 0 saturated carbocycles. The normalized spacial score (nSPS) is 12.1. The lowest BCUT2D eigenvalue weighted by atomic mass is 9.94. The van der Waals surface area contributed by atoms with E-state index in [0.717, 1.165) is 0 Å². The summed E-state index contributed by atoms with van der Waals surface area (Å²) in [6.45, 7) is 9.81. The standard InChI is InChI=1S/C20H25ClN2O3S/c1-6-23(19(24)20(3,4)5)18-12-9-16(22-14(18)2)13-27(25,26)17-10-7-15(21)8-11-17/h7-12H,6,13H2,1-5H3. The van der Waals surface area contributed by atoms with Gasteiger partial charge in [-0.05, 0) is 50.2 Å². The first-order valence-electron chi connectivity index (χ1n) is 8.72. The Kier molecular flexibility index (Phi) is 6.32. The average molecular weight is 409 g/mol. The molecule has 0 N–H and O–H groups in total. The first kappa shape index (κ1) is 21.4. The van der Waals surface area contributed by atoms with Crippen LogP contribution in [0.3, 0.4) is 0 Å². The summed E-state index contributed by atoms with van der Waals surface area (Å²) >= 11 is 5.82. The molecule has 1 heterocycles. The largest absolute Gasteiger partial charge is 0.310 e. The second-order valence-corrected chi connectivity index (χ2v) is 9.85. The Morgan fingerprint density at radius 1 is 1.11 bits per heavy atom. The van der Waals surface area contributed by atoms with Gasteiger partial charge in [-0.3, -0.25) is 9.78 Å². The predicted octanol–water partition coefficient (Wildman–Crippen LogP) is 4.42. The van der Waals surface area contributed by atoms with Crippen molar-refractivity contribution >= 4 is 33.0 Å². The Balaban J connectivity index is 2.31. The van der Waals surface area contributed by atoms with Crippen molar-refractivity contribution in [1.29, 1.82) is 0 Å². The molecule has 0 unspecified atom stereocenters. The minimum Gasteiger partial charge on any atom is -0.310 e. The number of carbonyl (C=O) groups excluding carboxylic acids is 1. The Hall–Kier alpha value is -1.92. The molecule has 2 aromatic rings. The van der Waals surface area contributed by atoms with Crippen molar-refractivity contribution in [1.82, 2.24) is 4.98 Å². The highest BCUT2D eigenvalue weighted by atomic mass is 35.5. The Morgan fingerprint density at radius 3 is 2.19 bits per heavy atom. The van der Waals surface area contributed by atoms with E-state index >= 15 is 0 Å². The van der Waals surface area contributed by atoms with E-state index in [1.807, 2.05) is 27.7 Å². The van der Waals surface area contributed by atoms with Crippen LogP contribution in [0, 0.1) is 12.3 Å². The lowest BCUT2D eigenvalue weighted by Crippen LogP contribution is -2.40. The molecule has 0 fully saturated rings. The van der Waals surface area contributed by atoms with Crippen LogP contribution in [-0.4, -0.2) is 25.9 Å². The second kappa shape index (κ2) is 7.98. The molecule has 27 heavy (non-hydrogen) atoms. The van der Waals surface area contributed by atoms with Gasteiger partial charge in [0.2, 0.25) is 5.91 Å². The number of hydrogen-bond donors (Lipinski definition) is 0. The van der Waals surface area contributed by atoms with E-state index in [4.69, 9.17) is 11.6 Å². The highest BCUT2D eigenvalue weighted by Gasteiger charge is 2.28. The summed E-state index contributed by atoms with van der Waals surface area (Å²) in [4.78, 5) is 19.0. The van der Waals surface area contributed by atoms with Gasteiger partial charge in [0.1, 0.15) is 0 Å². The number of sulfone groups is 1. The van der Waals surface area contributed by atoms with Gasteiger partial charge in [-0.25, -0.2) is 8.42 Å². The minimum atomic E-state index is -3.53. The molecule has 0 aliphatic rings. The molecule has 1 aromatic carbocycles. The van der Waals surface area contributed by atoms with Gasteiger partial charge in [-0.1, -0.05) is 32.4 Å². The number of pyridine rings is 1. The van der Waals surface area contributed by atoms with Crippen LogP contribution in [-0.2, 0) is 20.4 Å². The Labute approximate surface area is 166 Å². The van der Waals surface area contributed by atoms with E-state index in [-0.39, 0.29) is 16.6 Å². The van der Waals surface area contributed by atoms with Gasteiger partial charge in [0, 0.05) is 17.0 Å². The van der Waals surface area contributed by atoms with Gasteiger partial charge in [0.25, 0.3) is 0 Å². The molecule has 0 aliphatic carbocycles. The number of halogens is 1. The topological polar surface area (TPSA) is 67.3 Å². The molecule has 1 aromatic heterocycles. The summed E-state index contributed by atoms with van der Waals surface area (Å²) in [7, 11) is -3.53. The van der Waals surface area contributed by atoms with Gasteiger partial charge < -0.3 is 4.90 Å². The van der Waals surface area contributed by atoms with E-state index in [1.54, 1.807) is 36.1 Å². The van der Waals surface area contributed by atoms with E-state index in [9.17, 15) is 13.2 Å². The molecule has 0 bridgehead atoms. The number of rotatable bonds is 5. The molecule has 5 nitrogen and oxygen atoms in total. The fraction of sp³-hybridized carbons (Fsp3) is 0.400. The van der Waals surface area contributed by atoms with E-state index in [2.05, 4.69) is 4.98 Å². The van der Waals surface area contributed by atoms with Gasteiger partial charge in [0.05, 0.1) is 27.7 Å². The Morgan fingerprint density at radius 2 is 1.70 bits per heavy atom. The van der Waals surface area contributed by atoms with Crippen LogP contribution in [0.1, 0.15) is 39.1 Å². The van der Waals surface area contributed by atoms with E-state index in [0.29, 0.717) is 28.6 Å². The summed E-state index contributed by atoms with van der Waals surface area (Å²) in [5.74, 6) is -0.216. The lowest BCUT2D eigenvalue weighted by molar-refractivity contribution is -0.125. The monoisotopic (exact) mass is 408 g/mol. The number of carbonyl (C=O) groups is 1. The fourth-order valence-electron chi connectivity index (χ4n) is 2.72. The van der Waals surface area contributed by atoms with Crippen molar-refractivity contribution in [3.63, 3.8) is 0 Å². The molecule has 146 valence electrons. The van der Waals surface area contributed by atoms with Crippen LogP contribution in [0.15, 0.2) is 41.3 Å². The summed E-state index contributed by atoms with van der Waals surface area (Å²) < 4.78 is 25.2. The van der Waals surface area contributed by atoms with E-state index < -0.39 is 15.3 Å². The van der Waals surface area contributed by atoms with Gasteiger partial charge in [0.15, 0.2) is 9.84 Å². The van der Waals surface area contributed by atoms with Crippen LogP contribution < -0.4 is 4.90 Å². The average Bonchev–Trinajstić information content (AvgIpc) is 2.56. The first-order chi connectivity index (χ1) is 12.5. The lowest BCUT2D eigenvalue weighted by Gasteiger charge is -2.29. The smallest absolute Gasteiger partial charge is 0.232 e. The van der Waals surface area contributed by atoms with Crippen molar-refractivity contribution in [2.45, 2.75) is 45.3 Å². The summed E-state index contributed by atoms with van der Waals surface area (Å²) in [6, 6.07) is 9.50. The zero-order valence-electron chi connectivity index (χ0n) is 16.3. The Bertz CT molecular complexity index is 933. The molecular formula is C20H25ClN2O3S. The molecular weight excluding hydrogens is 384 g/mol. The molecule has 0 aliphatic heterocycles. The van der Waals surface area contributed by atoms with E-state index in [1.165, 1.54) is 12.1 Å². The quantitative estimate of drug-likeness (QED) is 0.734. The van der Waals surface area contributed by atoms with Gasteiger partial charge in [-0.2, -0.15) is 0 Å². The summed E-state index contributed by atoms with van der Waals surface area (Å²) in [5.41, 5.74) is 1.24. The fourth-order valence-corrected chi connectivity index (χ4v) is 4.11. The van der Waals surface area contributed by atoms with Crippen molar-refractivity contribution < 1.29 is 13.2 Å². The maximum atomic E-state index is 12.7. The van der Waals surface area contributed by atoms with Gasteiger partial charge in [-0.15, -0.1) is 0 Å². The van der Waals surface area contributed by atoms with Crippen molar-refractivity contribution in [3.05, 3.63) is 52.8 Å². The molecule has 0 radical (unpaired) electrons.